The molecule has 0 N–H and O–H groups in total. The molecule has 112 valence electrons. The molecule has 0 bridgehead atoms. The maximum absolute atomic E-state index is 11.8. The largest absolute Gasteiger partial charge is 0.466 e. The van der Waals surface area contributed by atoms with E-state index in [1.165, 1.54) is 11.3 Å². The van der Waals surface area contributed by atoms with Gasteiger partial charge in [0.05, 0.1) is 23.2 Å². The van der Waals surface area contributed by atoms with Crippen LogP contribution in [-0.4, -0.2) is 22.7 Å². The third-order valence-electron chi connectivity index (χ3n) is 2.77. The zero-order chi connectivity index (χ0) is 15.1. The van der Waals surface area contributed by atoms with E-state index < -0.39 is 0 Å². The number of thioether (sulfide) groups is 1. The van der Waals surface area contributed by atoms with Gasteiger partial charge in [0.1, 0.15) is 0 Å². The number of thiazole rings is 1. The topological polar surface area (TPSA) is 56.3 Å². The lowest BCUT2D eigenvalue weighted by molar-refractivity contribution is -0.144. The molecule has 1 heterocycles. The van der Waals surface area contributed by atoms with Gasteiger partial charge in [0.25, 0.3) is 0 Å². The molecule has 0 aliphatic carbocycles. The smallest absolute Gasteiger partial charge is 0.306 e. The molecule has 0 amide bonds. The third kappa shape index (κ3) is 5.13. The summed E-state index contributed by atoms with van der Waals surface area (Å²) in [5, 5.41) is -0.0542. The van der Waals surface area contributed by atoms with Crippen LogP contribution in [0.2, 0.25) is 0 Å². The quantitative estimate of drug-likeness (QED) is 0.437. The number of carbonyl (C=O) groups is 2. The molecule has 4 nitrogen and oxygen atoms in total. The number of para-hydroxylation sites is 1. The number of nitrogens with zero attached hydrogens (tertiary/aromatic N) is 1. The summed E-state index contributed by atoms with van der Waals surface area (Å²) in [5.74, 6) is -0.304. The van der Waals surface area contributed by atoms with Gasteiger partial charge in [0.15, 0.2) is 9.45 Å². The lowest BCUT2D eigenvalue weighted by Crippen LogP contribution is -2.07. The van der Waals surface area contributed by atoms with Gasteiger partial charge in [-0.15, -0.1) is 11.3 Å². The molecular formula is C15H17NO3S2. The maximum Gasteiger partial charge on any atom is 0.306 e. The van der Waals surface area contributed by atoms with E-state index in [0.717, 1.165) is 39.2 Å². The third-order valence-corrected chi connectivity index (χ3v) is 4.80. The Kier molecular flexibility index (Phi) is 6.20. The average Bonchev–Trinajstić information content (AvgIpc) is 2.87. The first kappa shape index (κ1) is 16.0. The lowest BCUT2D eigenvalue weighted by atomic mass is 10.3. The van der Waals surface area contributed by atoms with Gasteiger partial charge in [-0.2, -0.15) is 0 Å². The van der Waals surface area contributed by atoms with Crippen molar-refractivity contribution in [3.05, 3.63) is 24.3 Å². The van der Waals surface area contributed by atoms with Gasteiger partial charge in [0, 0.05) is 6.42 Å². The van der Waals surface area contributed by atoms with E-state index in [4.69, 9.17) is 4.74 Å². The second-order valence-corrected chi connectivity index (χ2v) is 6.83. The highest BCUT2D eigenvalue weighted by Gasteiger charge is 2.12. The molecule has 0 saturated carbocycles. The summed E-state index contributed by atoms with van der Waals surface area (Å²) in [5.41, 5.74) is 0.900. The van der Waals surface area contributed by atoms with E-state index in [9.17, 15) is 9.59 Å². The first-order valence-electron chi connectivity index (χ1n) is 6.91. The molecule has 0 unspecified atom stereocenters. The monoisotopic (exact) mass is 323 g/mol. The lowest BCUT2D eigenvalue weighted by Gasteiger charge is -2.02. The molecule has 2 rings (SSSR count). The van der Waals surface area contributed by atoms with Crippen molar-refractivity contribution < 1.29 is 14.3 Å². The first-order chi connectivity index (χ1) is 10.2. The van der Waals surface area contributed by atoms with E-state index in [0.29, 0.717) is 6.61 Å². The number of rotatable bonds is 7. The fourth-order valence-electron chi connectivity index (χ4n) is 1.65. The highest BCUT2D eigenvalue weighted by Crippen LogP contribution is 2.30. The number of fused-ring (bicyclic) bond motifs is 1. The number of ether oxygens (including phenoxy) is 1. The predicted molar refractivity (Wildman–Crippen MR) is 85.6 cm³/mol. The Balaban J connectivity index is 1.77. The van der Waals surface area contributed by atoms with Crippen molar-refractivity contribution >= 4 is 44.4 Å². The fraction of sp³-hybridized carbons (Fsp3) is 0.400. The normalized spacial score (nSPS) is 10.7. The molecule has 0 saturated heterocycles. The summed E-state index contributed by atoms with van der Waals surface area (Å²) in [7, 11) is 0. The van der Waals surface area contributed by atoms with Crippen LogP contribution in [0.4, 0.5) is 0 Å². The molecule has 0 radical (unpaired) electrons. The van der Waals surface area contributed by atoms with E-state index in [1.807, 2.05) is 31.2 Å². The summed E-state index contributed by atoms with van der Waals surface area (Å²) >= 11 is 2.59. The highest BCUT2D eigenvalue weighted by molar-refractivity contribution is 8.15. The van der Waals surface area contributed by atoms with Crippen molar-refractivity contribution in [2.24, 2.45) is 0 Å². The van der Waals surface area contributed by atoms with Gasteiger partial charge >= 0.3 is 5.97 Å². The number of carbonyl (C=O) groups excluding carboxylic acids is 2. The zero-order valence-electron chi connectivity index (χ0n) is 11.8. The first-order valence-corrected chi connectivity index (χ1v) is 8.54. The maximum atomic E-state index is 11.8. The predicted octanol–water partition coefficient (Wildman–Crippen LogP) is 4.04. The second kappa shape index (κ2) is 8.14. The van der Waals surface area contributed by atoms with Crippen LogP contribution in [0.3, 0.4) is 0 Å². The highest BCUT2D eigenvalue weighted by atomic mass is 32.2. The van der Waals surface area contributed by atoms with Crippen LogP contribution in [0.5, 0.6) is 0 Å². The summed E-state index contributed by atoms with van der Waals surface area (Å²) in [4.78, 5) is 27.6. The average molecular weight is 323 g/mol. The molecule has 6 heteroatoms. The minimum absolute atomic E-state index is 0.0542. The summed E-state index contributed by atoms with van der Waals surface area (Å²) in [6.07, 6.45) is 2.17. The molecule has 0 aliphatic heterocycles. The second-order valence-electron chi connectivity index (χ2n) is 4.50. The van der Waals surface area contributed by atoms with Gasteiger partial charge in [0.2, 0.25) is 0 Å². The van der Waals surface area contributed by atoms with E-state index >= 15 is 0 Å². The van der Waals surface area contributed by atoms with Crippen LogP contribution < -0.4 is 0 Å². The molecule has 21 heavy (non-hydrogen) atoms. The van der Waals surface area contributed by atoms with Crippen molar-refractivity contribution in [1.29, 1.82) is 0 Å². The van der Waals surface area contributed by atoms with Crippen molar-refractivity contribution in [3.8, 4) is 0 Å². The molecule has 0 aliphatic rings. The molecule has 0 spiro atoms. The van der Waals surface area contributed by atoms with Gasteiger partial charge < -0.3 is 4.74 Å². The van der Waals surface area contributed by atoms with Crippen molar-refractivity contribution in [1.82, 2.24) is 4.98 Å². The van der Waals surface area contributed by atoms with Gasteiger partial charge in [-0.1, -0.05) is 25.5 Å². The van der Waals surface area contributed by atoms with Gasteiger partial charge in [-0.05, 0) is 30.3 Å². The van der Waals surface area contributed by atoms with Crippen molar-refractivity contribution in [2.75, 3.05) is 6.61 Å². The van der Waals surface area contributed by atoms with Gasteiger partial charge in [-0.25, -0.2) is 4.98 Å². The number of hydrogen-bond donors (Lipinski definition) is 0. The van der Waals surface area contributed by atoms with E-state index in [-0.39, 0.29) is 23.9 Å². The molecule has 1 aromatic carbocycles. The Morgan fingerprint density at radius 2 is 2.10 bits per heavy atom. The number of hydrogen-bond acceptors (Lipinski definition) is 6. The number of unbranched alkanes of at least 4 members (excludes halogenated alkanes) is 1. The Morgan fingerprint density at radius 3 is 2.86 bits per heavy atom. The van der Waals surface area contributed by atoms with Gasteiger partial charge in [-0.3, -0.25) is 9.59 Å². The van der Waals surface area contributed by atoms with Crippen LogP contribution >= 0.6 is 23.1 Å². The summed E-state index contributed by atoms with van der Waals surface area (Å²) < 4.78 is 6.80. The summed E-state index contributed by atoms with van der Waals surface area (Å²) in [6, 6.07) is 7.77. The molecule has 2 aromatic rings. The van der Waals surface area contributed by atoms with Crippen LogP contribution in [-0.2, 0) is 14.3 Å². The molecule has 0 atom stereocenters. The molecule has 1 aromatic heterocycles. The zero-order valence-corrected chi connectivity index (χ0v) is 13.5. The minimum atomic E-state index is -0.304. The van der Waals surface area contributed by atoms with Crippen molar-refractivity contribution in [2.45, 2.75) is 36.9 Å². The molecular weight excluding hydrogens is 306 g/mol. The van der Waals surface area contributed by atoms with Crippen LogP contribution in [0.1, 0.15) is 32.6 Å². The fourth-order valence-corrected chi connectivity index (χ4v) is 3.60. The number of benzene rings is 1. The Bertz CT molecular complexity index is 591. The Morgan fingerprint density at radius 1 is 1.29 bits per heavy atom. The number of esters is 1. The van der Waals surface area contributed by atoms with Crippen LogP contribution in [0.25, 0.3) is 10.2 Å². The molecule has 0 fully saturated rings. The van der Waals surface area contributed by atoms with Crippen LogP contribution in [0.15, 0.2) is 28.6 Å². The number of aromatic nitrogens is 1. The Hall–Kier alpha value is -1.40. The standard InChI is InChI=1S/C15H17NO3S2/c1-2-3-10-19-13(17)8-9-14(18)21-15-16-11-6-4-5-7-12(11)20-15/h4-7H,2-3,8-10H2,1H3. The summed E-state index contributed by atoms with van der Waals surface area (Å²) in [6.45, 7) is 2.47. The SMILES string of the molecule is CCCCOC(=O)CCC(=O)Sc1nc2ccccc2s1. The van der Waals surface area contributed by atoms with Crippen LogP contribution in [0, 0.1) is 0 Å². The van der Waals surface area contributed by atoms with Crippen molar-refractivity contribution in [3.63, 3.8) is 0 Å². The Labute approximate surface area is 131 Å². The van der Waals surface area contributed by atoms with E-state index in [1.54, 1.807) is 0 Å². The minimum Gasteiger partial charge on any atom is -0.466 e. The van der Waals surface area contributed by atoms with E-state index in [2.05, 4.69) is 4.98 Å².